The van der Waals surface area contributed by atoms with Gasteiger partial charge >= 0.3 is 5.97 Å². The average molecular weight is 462 g/mol. The molecule has 2 heterocycles. The first-order valence-electron chi connectivity index (χ1n) is 9.57. The van der Waals surface area contributed by atoms with Crippen molar-refractivity contribution in [3.05, 3.63) is 76.2 Å². The summed E-state index contributed by atoms with van der Waals surface area (Å²) in [5.41, 5.74) is 0.849. The maximum Gasteiger partial charge on any atom is 0.305 e. The third-order valence-corrected chi connectivity index (χ3v) is 4.84. The Bertz CT molecular complexity index is 1020. The minimum atomic E-state index is -1.06. The van der Waals surface area contributed by atoms with Crippen LogP contribution in [0.3, 0.4) is 0 Å². The summed E-state index contributed by atoms with van der Waals surface area (Å²) in [6.07, 6.45) is 5.26. The number of aryl methyl sites for hydroxylation is 1. The smallest absolute Gasteiger partial charge is 0.305 e. The van der Waals surface area contributed by atoms with Crippen LogP contribution in [0.15, 0.2) is 55.0 Å². The number of nitrogens with zero attached hydrogens (tertiary/aromatic N) is 3. The Hall–Kier alpha value is -3.10. The maximum atomic E-state index is 12.7. The molecular formula is C21H21Cl2N5O3. The number of carboxylic acid groups (broad SMARTS) is 1. The van der Waals surface area contributed by atoms with Crippen LogP contribution < -0.4 is 10.6 Å². The Kier molecular flexibility index (Phi) is 7.86. The number of halogens is 2. The number of carbonyl (C=O) groups excluding carboxylic acids is 1. The van der Waals surface area contributed by atoms with Crippen LogP contribution in [0.25, 0.3) is 0 Å². The quantitative estimate of drug-likeness (QED) is 0.393. The van der Waals surface area contributed by atoms with E-state index in [2.05, 4.69) is 20.7 Å². The molecule has 162 valence electrons. The van der Waals surface area contributed by atoms with Gasteiger partial charge in [0.25, 0.3) is 5.91 Å². The molecule has 0 spiro atoms. The van der Waals surface area contributed by atoms with Crippen molar-refractivity contribution in [1.29, 1.82) is 0 Å². The first kappa shape index (κ1) is 22.6. The van der Waals surface area contributed by atoms with Crippen LogP contribution in [-0.4, -0.2) is 38.3 Å². The van der Waals surface area contributed by atoms with Crippen LogP contribution in [0.4, 0.5) is 5.82 Å². The molecule has 10 heteroatoms. The molecule has 3 rings (SSSR count). The number of carbonyl (C=O) groups is 2. The lowest BCUT2D eigenvalue weighted by molar-refractivity contribution is -0.137. The second kappa shape index (κ2) is 10.8. The summed E-state index contributed by atoms with van der Waals surface area (Å²) < 4.78 is 1.66. The highest BCUT2D eigenvalue weighted by molar-refractivity contribution is 6.34. The number of nitrogens with one attached hydrogen (secondary N) is 2. The minimum Gasteiger partial charge on any atom is -0.481 e. The number of rotatable bonds is 10. The third-order valence-electron chi connectivity index (χ3n) is 4.40. The normalized spacial score (nSPS) is 11.7. The van der Waals surface area contributed by atoms with Gasteiger partial charge in [0.1, 0.15) is 5.82 Å². The Balaban J connectivity index is 1.58. The molecule has 0 fully saturated rings. The van der Waals surface area contributed by atoms with E-state index in [0.717, 1.165) is 12.2 Å². The Morgan fingerprint density at radius 2 is 1.94 bits per heavy atom. The number of hydrogen-bond acceptors (Lipinski definition) is 5. The van der Waals surface area contributed by atoms with Gasteiger partial charge in [-0.15, -0.1) is 0 Å². The Morgan fingerprint density at radius 3 is 2.61 bits per heavy atom. The molecule has 0 saturated carbocycles. The van der Waals surface area contributed by atoms with Crippen molar-refractivity contribution in [1.82, 2.24) is 20.1 Å². The van der Waals surface area contributed by atoms with Crippen LogP contribution >= 0.6 is 23.2 Å². The molecule has 0 aliphatic carbocycles. The molecule has 2 aromatic heterocycles. The van der Waals surface area contributed by atoms with Crippen LogP contribution in [0.2, 0.25) is 10.0 Å². The fourth-order valence-electron chi connectivity index (χ4n) is 2.97. The molecule has 0 saturated heterocycles. The van der Waals surface area contributed by atoms with E-state index in [4.69, 9.17) is 23.2 Å². The fraction of sp³-hybridized carbons (Fsp3) is 0.238. The number of benzene rings is 1. The number of anilines is 1. The molecule has 0 aliphatic heterocycles. The molecule has 0 radical (unpaired) electrons. The number of aromatic nitrogens is 3. The van der Waals surface area contributed by atoms with Crippen molar-refractivity contribution < 1.29 is 14.7 Å². The lowest BCUT2D eigenvalue weighted by Gasteiger charge is -2.17. The van der Waals surface area contributed by atoms with Crippen molar-refractivity contribution in [3.63, 3.8) is 0 Å². The van der Waals surface area contributed by atoms with Gasteiger partial charge in [-0.05, 0) is 42.3 Å². The zero-order valence-electron chi connectivity index (χ0n) is 16.5. The first-order chi connectivity index (χ1) is 14.9. The topological polar surface area (TPSA) is 109 Å². The highest BCUT2D eigenvalue weighted by atomic mass is 35.5. The first-order valence-corrected chi connectivity index (χ1v) is 10.3. The van der Waals surface area contributed by atoms with E-state index in [0.29, 0.717) is 34.3 Å². The van der Waals surface area contributed by atoms with Crippen molar-refractivity contribution in [2.75, 3.05) is 11.9 Å². The van der Waals surface area contributed by atoms with Crippen LogP contribution in [0.1, 0.15) is 34.8 Å². The monoisotopic (exact) mass is 461 g/mol. The SMILES string of the molecule is O=C(O)C[C@H](NC(=O)c1cnn(CCCNc2ccccn2)c1)c1cc(Cl)cc(Cl)c1. The molecule has 0 bridgehead atoms. The van der Waals surface area contributed by atoms with Gasteiger partial charge in [-0.1, -0.05) is 29.3 Å². The second-order valence-electron chi connectivity index (χ2n) is 6.81. The second-order valence-corrected chi connectivity index (χ2v) is 7.69. The predicted octanol–water partition coefficient (Wildman–Crippen LogP) is 4.03. The molecule has 8 nitrogen and oxygen atoms in total. The molecular weight excluding hydrogens is 441 g/mol. The zero-order chi connectivity index (χ0) is 22.2. The van der Waals surface area contributed by atoms with E-state index < -0.39 is 17.9 Å². The number of carboxylic acids is 1. The van der Waals surface area contributed by atoms with Crippen LogP contribution in [-0.2, 0) is 11.3 Å². The Labute approximate surface area is 189 Å². The zero-order valence-corrected chi connectivity index (χ0v) is 18.0. The Morgan fingerprint density at radius 1 is 1.16 bits per heavy atom. The van der Waals surface area contributed by atoms with Gasteiger partial charge in [-0.25, -0.2) is 4.98 Å². The van der Waals surface area contributed by atoms with Gasteiger partial charge in [0.15, 0.2) is 0 Å². The third kappa shape index (κ3) is 6.97. The van der Waals surface area contributed by atoms with Crippen molar-refractivity contribution in [2.24, 2.45) is 0 Å². The van der Waals surface area contributed by atoms with E-state index in [1.54, 1.807) is 35.3 Å². The van der Waals surface area contributed by atoms with E-state index >= 15 is 0 Å². The largest absolute Gasteiger partial charge is 0.481 e. The average Bonchev–Trinajstić information content (AvgIpc) is 3.19. The molecule has 31 heavy (non-hydrogen) atoms. The molecule has 1 aromatic carbocycles. The summed E-state index contributed by atoms with van der Waals surface area (Å²) in [5.74, 6) is -0.689. The minimum absolute atomic E-state index is 0.310. The maximum absolute atomic E-state index is 12.7. The standard InChI is InChI=1S/C21H21Cl2N5O3/c22-16-8-14(9-17(23)10-16)18(11-20(29)30)27-21(31)15-12-26-28(13-15)7-3-6-25-19-4-1-2-5-24-19/h1-2,4-5,8-10,12-13,18H,3,6-7,11H2,(H,24,25)(H,27,31)(H,29,30)/t18-/m0/s1. The summed E-state index contributed by atoms with van der Waals surface area (Å²) in [6.45, 7) is 1.31. The number of amides is 1. The number of aliphatic carboxylic acids is 1. The van der Waals surface area contributed by atoms with E-state index in [9.17, 15) is 14.7 Å². The summed E-state index contributed by atoms with van der Waals surface area (Å²) in [6, 6.07) is 9.56. The fourth-order valence-corrected chi connectivity index (χ4v) is 3.52. The summed E-state index contributed by atoms with van der Waals surface area (Å²) in [4.78, 5) is 28.1. The van der Waals surface area contributed by atoms with E-state index in [-0.39, 0.29) is 6.42 Å². The van der Waals surface area contributed by atoms with E-state index in [1.165, 1.54) is 6.20 Å². The van der Waals surface area contributed by atoms with Gasteiger partial charge < -0.3 is 15.7 Å². The molecule has 0 unspecified atom stereocenters. The lowest BCUT2D eigenvalue weighted by atomic mass is 10.0. The van der Waals surface area contributed by atoms with Crippen molar-refractivity contribution in [2.45, 2.75) is 25.4 Å². The van der Waals surface area contributed by atoms with Gasteiger partial charge in [0.05, 0.1) is 24.2 Å². The van der Waals surface area contributed by atoms with E-state index in [1.807, 2.05) is 18.2 Å². The highest BCUT2D eigenvalue weighted by Gasteiger charge is 2.20. The number of hydrogen-bond donors (Lipinski definition) is 3. The summed E-state index contributed by atoms with van der Waals surface area (Å²) in [7, 11) is 0. The van der Waals surface area contributed by atoms with Crippen molar-refractivity contribution in [3.8, 4) is 0 Å². The highest BCUT2D eigenvalue weighted by Crippen LogP contribution is 2.25. The molecule has 1 amide bonds. The van der Waals surface area contributed by atoms with Gasteiger partial charge in [-0.3, -0.25) is 14.3 Å². The van der Waals surface area contributed by atoms with Crippen LogP contribution in [0, 0.1) is 0 Å². The van der Waals surface area contributed by atoms with Gasteiger partial charge in [0.2, 0.25) is 0 Å². The predicted molar refractivity (Wildman–Crippen MR) is 118 cm³/mol. The number of pyridine rings is 1. The van der Waals surface area contributed by atoms with Crippen LogP contribution in [0.5, 0.6) is 0 Å². The summed E-state index contributed by atoms with van der Waals surface area (Å²) in [5, 5.41) is 20.1. The van der Waals surface area contributed by atoms with Gasteiger partial charge in [-0.2, -0.15) is 5.10 Å². The molecule has 0 aliphatic rings. The molecule has 1 atom stereocenters. The van der Waals surface area contributed by atoms with Crippen molar-refractivity contribution >= 4 is 40.9 Å². The summed E-state index contributed by atoms with van der Waals surface area (Å²) >= 11 is 12.0. The lowest BCUT2D eigenvalue weighted by Crippen LogP contribution is -2.30. The van der Waals surface area contributed by atoms with Gasteiger partial charge in [0, 0.05) is 35.5 Å². The molecule has 3 N–H and O–H groups in total. The molecule has 3 aromatic rings.